The maximum Gasteiger partial charge on any atom is 0.311 e. The number of carbonyl (C=O) groups is 2. The first-order valence-corrected chi connectivity index (χ1v) is 8.11. The van der Waals surface area contributed by atoms with Gasteiger partial charge in [0.25, 0.3) is 0 Å². The third-order valence-electron chi connectivity index (χ3n) is 3.07. The SMILES string of the molecule is CCCCCCOC(=O)CCCC(=O)Oc1ccc(Cl)cc1. The molecule has 1 aromatic rings. The molecule has 0 bridgehead atoms. The van der Waals surface area contributed by atoms with E-state index in [0.29, 0.717) is 23.8 Å². The molecule has 1 rings (SSSR count). The first kappa shape index (κ1) is 18.5. The van der Waals surface area contributed by atoms with Crippen molar-refractivity contribution in [3.63, 3.8) is 0 Å². The Hall–Kier alpha value is -1.55. The van der Waals surface area contributed by atoms with Crippen molar-refractivity contribution in [2.75, 3.05) is 6.61 Å². The minimum Gasteiger partial charge on any atom is -0.466 e. The van der Waals surface area contributed by atoms with Gasteiger partial charge >= 0.3 is 11.9 Å². The Bertz CT molecular complexity index is 456. The second-order valence-corrected chi connectivity index (χ2v) is 5.50. The zero-order valence-corrected chi connectivity index (χ0v) is 13.7. The number of unbranched alkanes of at least 4 members (excludes halogenated alkanes) is 3. The Kier molecular flexibility index (Phi) is 9.31. The second-order valence-electron chi connectivity index (χ2n) is 5.06. The fraction of sp³-hybridized carbons (Fsp3) is 0.529. The van der Waals surface area contributed by atoms with Gasteiger partial charge in [0.1, 0.15) is 5.75 Å². The van der Waals surface area contributed by atoms with Gasteiger partial charge < -0.3 is 9.47 Å². The fourth-order valence-electron chi connectivity index (χ4n) is 1.85. The molecular formula is C17H23ClO4. The van der Waals surface area contributed by atoms with Crippen LogP contribution in [0.25, 0.3) is 0 Å². The number of hydrogen-bond donors (Lipinski definition) is 0. The third kappa shape index (κ3) is 8.67. The van der Waals surface area contributed by atoms with E-state index in [1.165, 1.54) is 0 Å². The van der Waals surface area contributed by atoms with Gasteiger partial charge in [-0.25, -0.2) is 0 Å². The highest BCUT2D eigenvalue weighted by Crippen LogP contribution is 2.16. The van der Waals surface area contributed by atoms with Crippen molar-refractivity contribution < 1.29 is 19.1 Å². The lowest BCUT2D eigenvalue weighted by atomic mass is 10.2. The monoisotopic (exact) mass is 326 g/mol. The van der Waals surface area contributed by atoms with E-state index in [1.807, 2.05) is 0 Å². The van der Waals surface area contributed by atoms with Gasteiger partial charge in [0.15, 0.2) is 0 Å². The fourth-order valence-corrected chi connectivity index (χ4v) is 1.98. The topological polar surface area (TPSA) is 52.6 Å². The Labute approximate surface area is 136 Å². The lowest BCUT2D eigenvalue weighted by Gasteiger charge is -2.05. The molecule has 0 atom stereocenters. The summed E-state index contributed by atoms with van der Waals surface area (Å²) in [6.07, 6.45) is 5.16. The van der Waals surface area contributed by atoms with Gasteiger partial charge in [0, 0.05) is 17.9 Å². The Morgan fingerprint density at radius 1 is 0.955 bits per heavy atom. The highest BCUT2D eigenvalue weighted by molar-refractivity contribution is 6.30. The maximum atomic E-state index is 11.6. The molecule has 0 aliphatic rings. The predicted molar refractivity (Wildman–Crippen MR) is 86.0 cm³/mol. The van der Waals surface area contributed by atoms with Crippen LogP contribution >= 0.6 is 11.6 Å². The molecule has 0 aliphatic heterocycles. The summed E-state index contributed by atoms with van der Waals surface area (Å²) in [7, 11) is 0. The summed E-state index contributed by atoms with van der Waals surface area (Å²) in [5.41, 5.74) is 0. The predicted octanol–water partition coefficient (Wildman–Crippen LogP) is 4.54. The second kappa shape index (κ2) is 11.1. The van der Waals surface area contributed by atoms with Crippen LogP contribution in [-0.4, -0.2) is 18.5 Å². The highest BCUT2D eigenvalue weighted by Gasteiger charge is 2.08. The molecule has 0 spiro atoms. The van der Waals surface area contributed by atoms with Gasteiger partial charge in [-0.1, -0.05) is 37.8 Å². The van der Waals surface area contributed by atoms with Crippen molar-refractivity contribution in [2.24, 2.45) is 0 Å². The normalized spacial score (nSPS) is 10.3. The molecule has 0 aliphatic carbocycles. The number of benzene rings is 1. The zero-order chi connectivity index (χ0) is 16.2. The molecular weight excluding hydrogens is 304 g/mol. The summed E-state index contributed by atoms with van der Waals surface area (Å²) in [5, 5.41) is 0.585. The molecule has 0 amide bonds. The van der Waals surface area contributed by atoms with Crippen LogP contribution in [0.4, 0.5) is 0 Å². The van der Waals surface area contributed by atoms with Crippen molar-refractivity contribution >= 4 is 23.5 Å². The van der Waals surface area contributed by atoms with Gasteiger partial charge in [-0.05, 0) is 37.1 Å². The summed E-state index contributed by atoms with van der Waals surface area (Å²) < 4.78 is 10.2. The summed E-state index contributed by atoms with van der Waals surface area (Å²) in [5.74, 6) is -0.165. The summed E-state index contributed by atoms with van der Waals surface area (Å²) in [4.78, 5) is 23.1. The van der Waals surface area contributed by atoms with Crippen LogP contribution in [0.2, 0.25) is 5.02 Å². The molecule has 0 saturated carbocycles. The summed E-state index contributed by atoms with van der Waals surface area (Å²) >= 11 is 5.74. The van der Waals surface area contributed by atoms with Gasteiger partial charge in [-0.2, -0.15) is 0 Å². The number of halogens is 1. The van der Waals surface area contributed by atoms with Crippen LogP contribution in [0.1, 0.15) is 51.9 Å². The maximum absolute atomic E-state index is 11.6. The quantitative estimate of drug-likeness (QED) is 0.360. The molecule has 1 aromatic carbocycles. The molecule has 0 N–H and O–H groups in total. The van der Waals surface area contributed by atoms with Gasteiger partial charge in [-0.3, -0.25) is 9.59 Å². The number of ether oxygens (including phenoxy) is 2. The van der Waals surface area contributed by atoms with E-state index in [9.17, 15) is 9.59 Å². The average molecular weight is 327 g/mol. The number of hydrogen-bond acceptors (Lipinski definition) is 4. The number of rotatable bonds is 10. The zero-order valence-electron chi connectivity index (χ0n) is 13.0. The average Bonchev–Trinajstić information content (AvgIpc) is 2.49. The van der Waals surface area contributed by atoms with E-state index in [0.717, 1.165) is 25.7 Å². The van der Waals surface area contributed by atoms with E-state index in [1.54, 1.807) is 24.3 Å². The van der Waals surface area contributed by atoms with Crippen LogP contribution in [-0.2, 0) is 14.3 Å². The van der Waals surface area contributed by atoms with Gasteiger partial charge in [0.2, 0.25) is 0 Å². The first-order valence-electron chi connectivity index (χ1n) is 7.73. The van der Waals surface area contributed by atoms with E-state index < -0.39 is 0 Å². The van der Waals surface area contributed by atoms with Crippen LogP contribution in [0.5, 0.6) is 5.75 Å². The van der Waals surface area contributed by atoms with Crippen molar-refractivity contribution in [3.8, 4) is 5.75 Å². The minimum absolute atomic E-state index is 0.188. The van der Waals surface area contributed by atoms with E-state index >= 15 is 0 Å². The standard InChI is InChI=1S/C17H23ClO4/c1-2-3-4-5-13-21-16(19)7-6-8-17(20)22-15-11-9-14(18)10-12-15/h9-12H,2-8,13H2,1H3. The van der Waals surface area contributed by atoms with Crippen molar-refractivity contribution in [1.82, 2.24) is 0 Å². The largest absolute Gasteiger partial charge is 0.466 e. The molecule has 4 nitrogen and oxygen atoms in total. The van der Waals surface area contributed by atoms with Crippen LogP contribution < -0.4 is 4.74 Å². The molecule has 0 heterocycles. The minimum atomic E-state index is -0.363. The molecule has 5 heteroatoms. The smallest absolute Gasteiger partial charge is 0.311 e. The van der Waals surface area contributed by atoms with E-state index in [-0.39, 0.29) is 24.8 Å². The molecule has 22 heavy (non-hydrogen) atoms. The van der Waals surface area contributed by atoms with Crippen molar-refractivity contribution in [3.05, 3.63) is 29.3 Å². The Morgan fingerprint density at radius 2 is 1.64 bits per heavy atom. The highest BCUT2D eigenvalue weighted by atomic mass is 35.5. The third-order valence-corrected chi connectivity index (χ3v) is 3.32. The van der Waals surface area contributed by atoms with Crippen LogP contribution in [0, 0.1) is 0 Å². The van der Waals surface area contributed by atoms with E-state index in [4.69, 9.17) is 21.1 Å². The molecule has 0 unspecified atom stereocenters. The molecule has 0 radical (unpaired) electrons. The molecule has 0 aromatic heterocycles. The molecule has 0 saturated heterocycles. The lowest BCUT2D eigenvalue weighted by molar-refractivity contribution is -0.144. The van der Waals surface area contributed by atoms with Crippen LogP contribution in [0.3, 0.4) is 0 Å². The van der Waals surface area contributed by atoms with Crippen molar-refractivity contribution in [2.45, 2.75) is 51.9 Å². The first-order chi connectivity index (χ1) is 10.6. The van der Waals surface area contributed by atoms with Gasteiger partial charge in [0.05, 0.1) is 6.61 Å². The number of carbonyl (C=O) groups excluding carboxylic acids is 2. The van der Waals surface area contributed by atoms with Gasteiger partial charge in [-0.15, -0.1) is 0 Å². The Balaban J connectivity index is 2.09. The summed E-state index contributed by atoms with van der Waals surface area (Å²) in [6, 6.07) is 6.57. The van der Waals surface area contributed by atoms with E-state index in [2.05, 4.69) is 6.92 Å². The summed E-state index contributed by atoms with van der Waals surface area (Å²) in [6.45, 7) is 2.60. The Morgan fingerprint density at radius 3 is 2.32 bits per heavy atom. The van der Waals surface area contributed by atoms with Crippen LogP contribution in [0.15, 0.2) is 24.3 Å². The number of esters is 2. The molecule has 122 valence electrons. The van der Waals surface area contributed by atoms with Crippen molar-refractivity contribution in [1.29, 1.82) is 0 Å². The lowest BCUT2D eigenvalue weighted by Crippen LogP contribution is -2.10. The molecule has 0 fully saturated rings.